The van der Waals surface area contributed by atoms with Crippen molar-refractivity contribution in [2.75, 3.05) is 24.2 Å². The molecule has 0 atom stereocenters. The molecule has 2 N–H and O–H groups in total. The van der Waals surface area contributed by atoms with Crippen LogP contribution in [0.2, 0.25) is 0 Å². The topological polar surface area (TPSA) is 29.3 Å². The van der Waals surface area contributed by atoms with Gasteiger partial charge in [0.2, 0.25) is 0 Å². The molecule has 0 saturated carbocycles. The lowest BCUT2D eigenvalue weighted by molar-refractivity contribution is 0.877. The van der Waals surface area contributed by atoms with E-state index in [4.69, 9.17) is 5.73 Å². The minimum atomic E-state index is 0.839. The summed E-state index contributed by atoms with van der Waals surface area (Å²) in [5.41, 5.74) is 10.7. The van der Waals surface area contributed by atoms with Crippen LogP contribution in [0.1, 0.15) is 18.1 Å². The Hall–Kier alpha value is -1.96. The standard InChI is InChI=1S/C17H22N2/c1-3-14-8-10-15(11-9-14)12-13-19(2)17-7-5-4-6-16(17)18/h4-11H,3,12-13,18H2,1-2H3. The average molecular weight is 254 g/mol. The maximum Gasteiger partial charge on any atom is 0.0597 e. The third kappa shape index (κ3) is 3.50. The summed E-state index contributed by atoms with van der Waals surface area (Å²) in [7, 11) is 2.09. The van der Waals surface area contributed by atoms with Gasteiger partial charge in [0.05, 0.1) is 11.4 Å². The predicted molar refractivity (Wildman–Crippen MR) is 83.6 cm³/mol. The minimum absolute atomic E-state index is 0.839. The molecule has 0 aromatic heterocycles. The smallest absolute Gasteiger partial charge is 0.0597 e. The van der Waals surface area contributed by atoms with Crippen molar-refractivity contribution in [3.05, 3.63) is 59.7 Å². The Morgan fingerprint density at radius 3 is 2.21 bits per heavy atom. The molecule has 0 saturated heterocycles. The van der Waals surface area contributed by atoms with Crippen molar-refractivity contribution in [1.82, 2.24) is 0 Å². The first-order chi connectivity index (χ1) is 9.20. The number of hydrogen-bond acceptors (Lipinski definition) is 2. The number of likely N-dealkylation sites (N-methyl/N-ethyl adjacent to an activating group) is 1. The zero-order valence-electron chi connectivity index (χ0n) is 11.8. The van der Waals surface area contributed by atoms with E-state index in [2.05, 4.69) is 49.2 Å². The lowest BCUT2D eigenvalue weighted by atomic mass is 10.1. The molecule has 2 rings (SSSR count). The van der Waals surface area contributed by atoms with Crippen molar-refractivity contribution in [1.29, 1.82) is 0 Å². The van der Waals surface area contributed by atoms with Gasteiger partial charge in [-0.25, -0.2) is 0 Å². The fourth-order valence-corrected chi connectivity index (χ4v) is 2.19. The quantitative estimate of drug-likeness (QED) is 0.827. The Kier molecular flexibility index (Phi) is 4.45. The highest BCUT2D eigenvalue weighted by molar-refractivity contribution is 5.66. The molecular formula is C17H22N2. The lowest BCUT2D eigenvalue weighted by Crippen LogP contribution is -2.21. The van der Waals surface area contributed by atoms with Crippen LogP contribution in [0.15, 0.2) is 48.5 Å². The van der Waals surface area contributed by atoms with Crippen molar-refractivity contribution in [2.45, 2.75) is 19.8 Å². The Morgan fingerprint density at radius 2 is 1.58 bits per heavy atom. The van der Waals surface area contributed by atoms with E-state index in [9.17, 15) is 0 Å². The van der Waals surface area contributed by atoms with Gasteiger partial charge in [-0.1, -0.05) is 43.3 Å². The summed E-state index contributed by atoms with van der Waals surface area (Å²) in [6.45, 7) is 3.15. The molecule has 0 aliphatic heterocycles. The van der Waals surface area contributed by atoms with Gasteiger partial charge < -0.3 is 10.6 Å². The lowest BCUT2D eigenvalue weighted by Gasteiger charge is -2.21. The largest absolute Gasteiger partial charge is 0.397 e. The van der Waals surface area contributed by atoms with Gasteiger partial charge in [-0.05, 0) is 36.1 Å². The zero-order chi connectivity index (χ0) is 13.7. The van der Waals surface area contributed by atoms with E-state index >= 15 is 0 Å². The second kappa shape index (κ2) is 6.28. The number of para-hydroxylation sites is 2. The van der Waals surface area contributed by atoms with Crippen LogP contribution in [-0.2, 0) is 12.8 Å². The molecule has 100 valence electrons. The first-order valence-electron chi connectivity index (χ1n) is 6.84. The maximum atomic E-state index is 5.99. The van der Waals surface area contributed by atoms with Crippen LogP contribution < -0.4 is 10.6 Å². The third-order valence-corrected chi connectivity index (χ3v) is 3.52. The van der Waals surface area contributed by atoms with Crippen LogP contribution in [0.4, 0.5) is 11.4 Å². The first-order valence-corrected chi connectivity index (χ1v) is 6.84. The molecule has 0 bridgehead atoms. The molecule has 0 radical (unpaired) electrons. The monoisotopic (exact) mass is 254 g/mol. The molecule has 2 heteroatoms. The molecule has 19 heavy (non-hydrogen) atoms. The molecular weight excluding hydrogens is 232 g/mol. The zero-order valence-corrected chi connectivity index (χ0v) is 11.8. The van der Waals surface area contributed by atoms with Gasteiger partial charge >= 0.3 is 0 Å². The van der Waals surface area contributed by atoms with Crippen LogP contribution >= 0.6 is 0 Å². The Morgan fingerprint density at radius 1 is 0.947 bits per heavy atom. The molecule has 2 aromatic carbocycles. The molecule has 0 aliphatic rings. The molecule has 2 nitrogen and oxygen atoms in total. The number of rotatable bonds is 5. The molecule has 0 spiro atoms. The van der Waals surface area contributed by atoms with Crippen molar-refractivity contribution >= 4 is 11.4 Å². The van der Waals surface area contributed by atoms with Gasteiger partial charge in [-0.2, -0.15) is 0 Å². The molecule has 0 unspecified atom stereocenters. The van der Waals surface area contributed by atoms with E-state index in [0.717, 1.165) is 30.8 Å². The fraction of sp³-hybridized carbons (Fsp3) is 0.294. The number of nitrogen functional groups attached to an aromatic ring is 1. The van der Waals surface area contributed by atoms with Gasteiger partial charge in [-0.3, -0.25) is 0 Å². The Balaban J connectivity index is 1.96. The predicted octanol–water partition coefficient (Wildman–Crippen LogP) is 3.51. The van der Waals surface area contributed by atoms with Gasteiger partial charge in [0.25, 0.3) is 0 Å². The highest BCUT2D eigenvalue weighted by Gasteiger charge is 2.04. The van der Waals surface area contributed by atoms with Gasteiger partial charge in [0, 0.05) is 13.6 Å². The highest BCUT2D eigenvalue weighted by atomic mass is 15.1. The fourth-order valence-electron chi connectivity index (χ4n) is 2.19. The SMILES string of the molecule is CCc1ccc(CCN(C)c2ccccc2N)cc1. The summed E-state index contributed by atoms with van der Waals surface area (Å²) in [4.78, 5) is 2.21. The normalized spacial score (nSPS) is 10.4. The number of hydrogen-bond donors (Lipinski definition) is 1. The minimum Gasteiger partial charge on any atom is -0.397 e. The van der Waals surface area contributed by atoms with Crippen molar-refractivity contribution in [3.8, 4) is 0 Å². The highest BCUT2D eigenvalue weighted by Crippen LogP contribution is 2.21. The van der Waals surface area contributed by atoms with E-state index in [0.29, 0.717) is 0 Å². The van der Waals surface area contributed by atoms with Crippen LogP contribution in [0.5, 0.6) is 0 Å². The summed E-state index contributed by atoms with van der Waals surface area (Å²) >= 11 is 0. The number of aryl methyl sites for hydroxylation is 1. The number of nitrogens with two attached hydrogens (primary N) is 1. The van der Waals surface area contributed by atoms with Crippen LogP contribution in [0, 0.1) is 0 Å². The van der Waals surface area contributed by atoms with Crippen molar-refractivity contribution < 1.29 is 0 Å². The Bertz CT molecular complexity index is 517. The molecule has 0 aliphatic carbocycles. The Labute approximate surface area is 115 Å². The average Bonchev–Trinajstić information content (AvgIpc) is 2.46. The van der Waals surface area contributed by atoms with Crippen molar-refractivity contribution in [2.24, 2.45) is 0 Å². The summed E-state index contributed by atoms with van der Waals surface area (Å²) in [5.74, 6) is 0. The third-order valence-electron chi connectivity index (χ3n) is 3.52. The molecule has 0 amide bonds. The second-order valence-electron chi connectivity index (χ2n) is 4.90. The number of nitrogens with zero attached hydrogens (tertiary/aromatic N) is 1. The van der Waals surface area contributed by atoms with Crippen LogP contribution in [0.3, 0.4) is 0 Å². The van der Waals surface area contributed by atoms with Gasteiger partial charge in [0.1, 0.15) is 0 Å². The number of benzene rings is 2. The van der Waals surface area contributed by atoms with Crippen LogP contribution in [-0.4, -0.2) is 13.6 Å². The van der Waals surface area contributed by atoms with E-state index in [1.807, 2.05) is 18.2 Å². The summed E-state index contributed by atoms with van der Waals surface area (Å²) in [6, 6.07) is 16.9. The summed E-state index contributed by atoms with van der Waals surface area (Å²) in [6.07, 6.45) is 2.13. The van der Waals surface area contributed by atoms with E-state index < -0.39 is 0 Å². The van der Waals surface area contributed by atoms with Crippen molar-refractivity contribution in [3.63, 3.8) is 0 Å². The van der Waals surface area contributed by atoms with Gasteiger partial charge in [-0.15, -0.1) is 0 Å². The summed E-state index contributed by atoms with van der Waals surface area (Å²) in [5, 5.41) is 0. The van der Waals surface area contributed by atoms with E-state index in [1.54, 1.807) is 0 Å². The number of anilines is 2. The van der Waals surface area contributed by atoms with E-state index in [1.165, 1.54) is 11.1 Å². The van der Waals surface area contributed by atoms with Gasteiger partial charge in [0.15, 0.2) is 0 Å². The second-order valence-corrected chi connectivity index (χ2v) is 4.90. The molecule has 0 fully saturated rings. The molecule has 2 aromatic rings. The first kappa shape index (κ1) is 13.5. The maximum absolute atomic E-state index is 5.99. The van der Waals surface area contributed by atoms with E-state index in [-0.39, 0.29) is 0 Å². The van der Waals surface area contributed by atoms with Crippen LogP contribution in [0.25, 0.3) is 0 Å². The summed E-state index contributed by atoms with van der Waals surface area (Å²) < 4.78 is 0. The molecule has 0 heterocycles.